The standard InChI is InChI=1S/C9H14N2O8P2S/c12-7-3-4-11(9(13)10-7)8-2-1-6(22-8)5-18-21(16,17)19-20(14)15/h3-4,6,8,20H,1-2,5H2,(H,14,15)(H,16,17)(H,10,12,13)/t6-,8+/m0/s1. The van der Waals surface area contributed by atoms with Crippen LogP contribution in [0.15, 0.2) is 21.9 Å². The van der Waals surface area contributed by atoms with Crippen molar-refractivity contribution in [1.82, 2.24) is 9.55 Å². The van der Waals surface area contributed by atoms with Crippen molar-refractivity contribution in [2.75, 3.05) is 6.61 Å². The summed E-state index contributed by atoms with van der Waals surface area (Å²) in [5.74, 6) is 0. The molecule has 4 atom stereocenters. The highest BCUT2D eigenvalue weighted by Crippen LogP contribution is 2.52. The van der Waals surface area contributed by atoms with Crippen LogP contribution in [0.2, 0.25) is 0 Å². The van der Waals surface area contributed by atoms with Crippen LogP contribution in [0.4, 0.5) is 0 Å². The molecule has 1 aromatic rings. The van der Waals surface area contributed by atoms with Gasteiger partial charge in [0, 0.05) is 17.5 Å². The average Bonchev–Trinajstić information content (AvgIpc) is 2.83. The van der Waals surface area contributed by atoms with Gasteiger partial charge in [0.25, 0.3) is 5.56 Å². The van der Waals surface area contributed by atoms with Crippen LogP contribution in [-0.4, -0.2) is 31.2 Å². The van der Waals surface area contributed by atoms with Gasteiger partial charge in [-0.15, -0.1) is 11.8 Å². The lowest BCUT2D eigenvalue weighted by molar-refractivity contribution is 0.200. The van der Waals surface area contributed by atoms with Crippen LogP contribution in [0, 0.1) is 0 Å². The average molecular weight is 372 g/mol. The van der Waals surface area contributed by atoms with Gasteiger partial charge < -0.3 is 9.79 Å². The molecule has 124 valence electrons. The quantitative estimate of drug-likeness (QED) is 0.605. The van der Waals surface area contributed by atoms with Crippen LogP contribution in [0.1, 0.15) is 18.2 Å². The molecule has 0 radical (unpaired) electrons. The van der Waals surface area contributed by atoms with Crippen molar-refractivity contribution in [1.29, 1.82) is 0 Å². The van der Waals surface area contributed by atoms with Gasteiger partial charge in [0.2, 0.25) is 0 Å². The highest BCUT2D eigenvalue weighted by Gasteiger charge is 2.31. The van der Waals surface area contributed by atoms with Gasteiger partial charge in [0.15, 0.2) is 0 Å². The van der Waals surface area contributed by atoms with Crippen molar-refractivity contribution in [3.63, 3.8) is 0 Å². The smallest absolute Gasteiger partial charge is 0.326 e. The number of H-pyrrole nitrogens is 1. The third-order valence-electron chi connectivity index (χ3n) is 2.86. The minimum Gasteiger partial charge on any atom is -0.326 e. The van der Waals surface area contributed by atoms with Crippen molar-refractivity contribution in [2.24, 2.45) is 0 Å². The number of phosphoric ester groups is 1. The Kier molecular flexibility index (Phi) is 5.84. The van der Waals surface area contributed by atoms with E-state index in [1.807, 2.05) is 0 Å². The second kappa shape index (κ2) is 7.27. The van der Waals surface area contributed by atoms with Gasteiger partial charge in [-0.1, -0.05) is 0 Å². The molecular weight excluding hydrogens is 358 g/mol. The largest absolute Gasteiger partial charge is 0.479 e. The van der Waals surface area contributed by atoms with E-state index in [0.29, 0.717) is 12.8 Å². The van der Waals surface area contributed by atoms with E-state index in [1.165, 1.54) is 28.6 Å². The van der Waals surface area contributed by atoms with Gasteiger partial charge in [-0.25, -0.2) is 13.7 Å². The SMILES string of the molecule is O=c1ccn([C@H]2CC[C@@H](COP(=O)(O)O[PH](=O)O)S2)c(=O)[nH]1. The molecule has 1 fully saturated rings. The zero-order valence-electron chi connectivity index (χ0n) is 11.1. The molecule has 2 rings (SSSR count). The van der Waals surface area contributed by atoms with Gasteiger partial charge in [-0.2, -0.15) is 0 Å². The Morgan fingerprint density at radius 1 is 1.50 bits per heavy atom. The lowest BCUT2D eigenvalue weighted by atomic mass is 10.2. The molecule has 10 nitrogen and oxygen atoms in total. The number of hydrogen-bond acceptors (Lipinski definition) is 7. The predicted octanol–water partition coefficient (Wildman–Crippen LogP) is 0.446. The molecule has 1 aliphatic rings. The second-order valence-electron chi connectivity index (χ2n) is 4.43. The van der Waals surface area contributed by atoms with Crippen LogP contribution in [0.5, 0.6) is 0 Å². The van der Waals surface area contributed by atoms with E-state index in [0.717, 1.165) is 0 Å². The first kappa shape index (κ1) is 17.7. The highest BCUT2D eigenvalue weighted by atomic mass is 32.2. The lowest BCUT2D eigenvalue weighted by Gasteiger charge is -2.15. The summed E-state index contributed by atoms with van der Waals surface area (Å²) in [5.41, 5.74) is -1.01. The Morgan fingerprint density at radius 2 is 2.23 bits per heavy atom. The van der Waals surface area contributed by atoms with Gasteiger partial charge >= 0.3 is 21.8 Å². The normalized spacial score (nSPS) is 25.7. The Morgan fingerprint density at radius 3 is 2.86 bits per heavy atom. The minimum atomic E-state index is -4.56. The van der Waals surface area contributed by atoms with Gasteiger partial charge in [-0.05, 0) is 12.8 Å². The molecule has 3 N–H and O–H groups in total. The molecule has 1 aliphatic heterocycles. The maximum Gasteiger partial charge on any atom is 0.479 e. The number of nitrogens with one attached hydrogen (secondary N) is 1. The fourth-order valence-corrected chi connectivity index (χ4v) is 4.87. The zero-order chi connectivity index (χ0) is 16.3. The third kappa shape index (κ3) is 4.92. The third-order valence-corrected chi connectivity index (χ3v) is 6.42. The summed E-state index contributed by atoms with van der Waals surface area (Å²) in [7, 11) is -8.13. The molecule has 0 bridgehead atoms. The number of phosphoric acid groups is 1. The summed E-state index contributed by atoms with van der Waals surface area (Å²) in [5, 5.41) is -0.414. The topological polar surface area (TPSA) is 148 Å². The van der Waals surface area contributed by atoms with Crippen molar-refractivity contribution in [2.45, 2.75) is 23.5 Å². The Hall–Kier alpha value is -0.670. The lowest BCUT2D eigenvalue weighted by Crippen LogP contribution is -2.29. The molecule has 0 amide bonds. The van der Waals surface area contributed by atoms with Crippen molar-refractivity contribution >= 4 is 27.8 Å². The van der Waals surface area contributed by atoms with Crippen molar-refractivity contribution in [3.05, 3.63) is 33.1 Å². The molecule has 0 aliphatic carbocycles. The van der Waals surface area contributed by atoms with Gasteiger partial charge in [0.1, 0.15) is 0 Å². The summed E-state index contributed by atoms with van der Waals surface area (Å²) in [4.78, 5) is 42.5. The van der Waals surface area contributed by atoms with Gasteiger partial charge in [0.05, 0.1) is 12.0 Å². The molecule has 2 heterocycles. The number of nitrogens with zero attached hydrogens (tertiary/aromatic N) is 1. The van der Waals surface area contributed by atoms with Crippen LogP contribution < -0.4 is 11.2 Å². The summed E-state index contributed by atoms with van der Waals surface area (Å²) in [6.07, 6.45) is 2.60. The van der Waals surface area contributed by atoms with Crippen LogP contribution in [0.3, 0.4) is 0 Å². The molecule has 0 spiro atoms. The number of aromatic amines is 1. The molecule has 1 aromatic heterocycles. The molecule has 2 unspecified atom stereocenters. The van der Waals surface area contributed by atoms with Crippen LogP contribution in [-0.2, 0) is 18.0 Å². The number of thioether (sulfide) groups is 1. The van der Waals surface area contributed by atoms with E-state index >= 15 is 0 Å². The van der Waals surface area contributed by atoms with E-state index in [9.17, 15) is 23.6 Å². The molecule has 0 aromatic carbocycles. The molecule has 1 saturated heterocycles. The van der Waals surface area contributed by atoms with E-state index < -0.39 is 27.3 Å². The zero-order valence-corrected chi connectivity index (χ0v) is 13.8. The van der Waals surface area contributed by atoms with E-state index in [2.05, 4.69) is 13.8 Å². The number of rotatable bonds is 6. The van der Waals surface area contributed by atoms with Crippen molar-refractivity contribution in [3.8, 4) is 0 Å². The number of aromatic nitrogens is 2. The summed E-state index contributed by atoms with van der Waals surface area (Å²) < 4.78 is 31.6. The molecule has 0 saturated carbocycles. The summed E-state index contributed by atoms with van der Waals surface area (Å²) in [6.45, 7) is -0.164. The van der Waals surface area contributed by atoms with Crippen LogP contribution >= 0.6 is 27.8 Å². The highest BCUT2D eigenvalue weighted by molar-refractivity contribution is 8.00. The molecule has 22 heavy (non-hydrogen) atoms. The van der Waals surface area contributed by atoms with E-state index in [1.54, 1.807) is 0 Å². The molecule has 13 heteroatoms. The van der Waals surface area contributed by atoms with Crippen molar-refractivity contribution < 1.29 is 27.8 Å². The number of hydrogen-bond donors (Lipinski definition) is 3. The maximum atomic E-state index is 11.7. The van der Waals surface area contributed by atoms with Gasteiger partial charge in [-0.3, -0.25) is 23.4 Å². The first-order valence-electron chi connectivity index (χ1n) is 6.13. The monoisotopic (exact) mass is 372 g/mol. The maximum absolute atomic E-state index is 11.7. The fraction of sp³-hybridized carbons (Fsp3) is 0.556. The first-order valence-corrected chi connectivity index (χ1v) is 9.84. The first-order chi connectivity index (χ1) is 10.3. The fourth-order valence-electron chi connectivity index (χ4n) is 1.97. The van der Waals surface area contributed by atoms with E-state index in [-0.39, 0.29) is 17.2 Å². The van der Waals surface area contributed by atoms with E-state index in [4.69, 9.17) is 4.89 Å². The Bertz CT molecular complexity index is 718. The minimum absolute atomic E-state index is 0.164. The summed E-state index contributed by atoms with van der Waals surface area (Å²) in [6, 6.07) is 1.24. The predicted molar refractivity (Wildman–Crippen MR) is 79.1 cm³/mol. The molecular formula is C9H14N2O8P2S. The Labute approximate surface area is 129 Å². The Balaban J connectivity index is 1.93. The second-order valence-corrected chi connectivity index (χ2v) is 8.37. The van der Waals surface area contributed by atoms with Crippen LogP contribution in [0.25, 0.3) is 0 Å². The summed E-state index contributed by atoms with van der Waals surface area (Å²) >= 11 is 1.34.